The molecule has 26 heavy (non-hydrogen) atoms. The molecule has 14 heteroatoms. The zero-order chi connectivity index (χ0) is 18.4. The van der Waals surface area contributed by atoms with E-state index < -0.39 is 57.2 Å². The zero-order valence-electron chi connectivity index (χ0n) is 14.3. The Bertz CT molecular complexity index is 658. The van der Waals surface area contributed by atoms with Gasteiger partial charge in [-0.25, -0.2) is 16.8 Å². The average Bonchev–Trinajstić information content (AvgIpc) is 2.40. The minimum absolute atomic E-state index is 0. The summed E-state index contributed by atoms with van der Waals surface area (Å²) in [6.07, 6.45) is -2.93. The molecule has 1 rings (SSSR count). The molecule has 0 heterocycles. The molecule has 0 saturated carbocycles. The Hall–Kier alpha value is 0.560. The van der Waals surface area contributed by atoms with Crippen LogP contribution in [0.5, 0.6) is 11.5 Å². The van der Waals surface area contributed by atoms with Crippen LogP contribution < -0.4 is 68.6 Å². The quantitative estimate of drug-likeness (QED) is 0.268. The first-order chi connectivity index (χ1) is 10.9. The summed E-state index contributed by atoms with van der Waals surface area (Å²) in [7, 11) is -9.10. The summed E-state index contributed by atoms with van der Waals surface area (Å²) < 4.78 is 72.8. The van der Waals surface area contributed by atoms with Crippen LogP contribution in [0.3, 0.4) is 0 Å². The van der Waals surface area contributed by atoms with Crippen LogP contribution in [0.4, 0.5) is 0 Å². The molecule has 0 aliphatic heterocycles. The van der Waals surface area contributed by atoms with Crippen LogP contribution in [-0.2, 0) is 20.2 Å². The van der Waals surface area contributed by atoms with Gasteiger partial charge in [-0.05, 0) is 24.3 Å². The third-order valence-electron chi connectivity index (χ3n) is 2.50. The van der Waals surface area contributed by atoms with Crippen LogP contribution in [0.2, 0.25) is 0 Å². The van der Waals surface area contributed by atoms with Crippen LogP contribution in [0.15, 0.2) is 24.3 Å². The summed E-state index contributed by atoms with van der Waals surface area (Å²) in [6.45, 7) is -0.802. The second-order valence-corrected chi connectivity index (χ2v) is 7.75. The normalized spacial score (nSPS) is 13.7. The monoisotopic (exact) mass is 430 g/mol. The van der Waals surface area contributed by atoms with Gasteiger partial charge in [-0.3, -0.25) is 0 Å². The minimum Gasteiger partial charge on any atom is -0.748 e. The van der Waals surface area contributed by atoms with E-state index in [1.54, 1.807) is 0 Å². The third kappa shape index (κ3) is 14.6. The predicted molar refractivity (Wildman–Crippen MR) is 78.6 cm³/mol. The molecule has 2 unspecified atom stereocenters. The molecular formula is C12H16Na2O10S2. The first kappa shape index (κ1) is 28.8. The van der Waals surface area contributed by atoms with Crippen LogP contribution in [0.1, 0.15) is 0 Å². The first-order valence-corrected chi connectivity index (χ1v) is 9.69. The topological polar surface area (TPSA) is 173 Å². The fraction of sp³-hybridized carbons (Fsp3) is 0.500. The van der Waals surface area contributed by atoms with Gasteiger partial charge in [-0.2, -0.15) is 0 Å². The molecule has 1 aromatic carbocycles. The number of hydrogen-bond acceptors (Lipinski definition) is 10. The third-order valence-corrected chi connectivity index (χ3v) is 4.09. The second kappa shape index (κ2) is 12.9. The molecule has 0 bridgehead atoms. The molecule has 0 saturated heterocycles. The zero-order valence-corrected chi connectivity index (χ0v) is 19.9. The van der Waals surface area contributed by atoms with Crippen LogP contribution in [0.25, 0.3) is 0 Å². The Labute approximate surface area is 196 Å². The van der Waals surface area contributed by atoms with Gasteiger partial charge in [0, 0.05) is 0 Å². The maximum Gasteiger partial charge on any atom is 1.00 e. The Kier molecular flexibility index (Phi) is 14.3. The van der Waals surface area contributed by atoms with E-state index in [4.69, 9.17) is 9.47 Å². The van der Waals surface area contributed by atoms with Gasteiger partial charge in [0.1, 0.15) is 36.9 Å². The second-order valence-electron chi connectivity index (χ2n) is 4.85. The number of ether oxygens (including phenoxy) is 2. The van der Waals surface area contributed by atoms with Crippen molar-refractivity contribution >= 4 is 20.2 Å². The van der Waals surface area contributed by atoms with E-state index in [0.29, 0.717) is 0 Å². The van der Waals surface area contributed by atoms with Gasteiger partial charge >= 0.3 is 59.1 Å². The minimum atomic E-state index is -4.55. The molecule has 0 radical (unpaired) electrons. The Morgan fingerprint density at radius 3 is 1.27 bits per heavy atom. The summed E-state index contributed by atoms with van der Waals surface area (Å²) >= 11 is 0. The van der Waals surface area contributed by atoms with E-state index >= 15 is 0 Å². The fourth-order valence-electron chi connectivity index (χ4n) is 1.58. The molecule has 10 nitrogen and oxygen atoms in total. The molecule has 1 aromatic rings. The van der Waals surface area contributed by atoms with Crippen molar-refractivity contribution in [2.45, 2.75) is 12.2 Å². The van der Waals surface area contributed by atoms with Crippen molar-refractivity contribution in [2.75, 3.05) is 24.7 Å². The standard InChI is InChI=1S/C12H18O10S2.2Na/c13-9(7-23(15,16)17)5-21-11-1-2-12(4-3-11)22-6-10(14)8-24(18,19)20;;/h1-4,9-10,13-14H,5-8H2,(H,15,16,17)(H,18,19,20);;/q;2*+1/p-2. The Balaban J connectivity index is 0. The molecule has 0 aliphatic carbocycles. The van der Waals surface area contributed by atoms with Crippen molar-refractivity contribution in [3.8, 4) is 11.5 Å². The summed E-state index contributed by atoms with van der Waals surface area (Å²) in [5.74, 6) is -1.41. The molecule has 2 N–H and O–H groups in total. The molecular weight excluding hydrogens is 414 g/mol. The Morgan fingerprint density at radius 1 is 0.769 bits per heavy atom. The average molecular weight is 430 g/mol. The molecule has 0 aliphatic rings. The molecule has 0 fully saturated rings. The number of aliphatic hydroxyl groups excluding tert-OH is 2. The molecule has 0 amide bonds. The van der Waals surface area contributed by atoms with E-state index in [9.17, 15) is 36.2 Å². The van der Waals surface area contributed by atoms with Gasteiger partial charge in [0.25, 0.3) is 0 Å². The van der Waals surface area contributed by atoms with E-state index in [-0.39, 0.29) is 70.6 Å². The van der Waals surface area contributed by atoms with Gasteiger partial charge < -0.3 is 28.8 Å². The summed E-state index contributed by atoms with van der Waals surface area (Å²) in [6, 6.07) is 5.63. The van der Waals surface area contributed by atoms with E-state index in [2.05, 4.69) is 0 Å². The van der Waals surface area contributed by atoms with Crippen molar-refractivity contribution in [1.82, 2.24) is 0 Å². The van der Waals surface area contributed by atoms with E-state index in [0.717, 1.165) is 0 Å². The van der Waals surface area contributed by atoms with Gasteiger partial charge in [0.15, 0.2) is 0 Å². The summed E-state index contributed by atoms with van der Waals surface area (Å²) in [4.78, 5) is 0. The summed E-state index contributed by atoms with van der Waals surface area (Å²) in [5, 5.41) is 18.6. The molecule has 0 spiro atoms. The van der Waals surface area contributed by atoms with E-state index in [1.807, 2.05) is 0 Å². The van der Waals surface area contributed by atoms with Crippen molar-refractivity contribution in [2.24, 2.45) is 0 Å². The molecule has 0 aromatic heterocycles. The van der Waals surface area contributed by atoms with Gasteiger partial charge in [0.2, 0.25) is 0 Å². The summed E-state index contributed by atoms with van der Waals surface area (Å²) in [5.41, 5.74) is 0. The fourth-order valence-corrected chi connectivity index (χ4v) is 2.72. The smallest absolute Gasteiger partial charge is 0.748 e. The Morgan fingerprint density at radius 2 is 1.04 bits per heavy atom. The van der Waals surface area contributed by atoms with E-state index in [1.165, 1.54) is 24.3 Å². The number of hydrogen-bond donors (Lipinski definition) is 2. The molecule has 2 atom stereocenters. The first-order valence-electron chi connectivity index (χ1n) is 6.53. The number of benzene rings is 1. The van der Waals surface area contributed by atoms with Gasteiger partial charge in [0.05, 0.1) is 31.7 Å². The predicted octanol–water partition coefficient (Wildman–Crippen LogP) is -7.74. The van der Waals surface area contributed by atoms with Crippen molar-refractivity contribution in [3.05, 3.63) is 24.3 Å². The maximum atomic E-state index is 10.4. The van der Waals surface area contributed by atoms with Gasteiger partial charge in [-0.15, -0.1) is 0 Å². The van der Waals surface area contributed by atoms with Crippen molar-refractivity contribution in [3.63, 3.8) is 0 Å². The maximum absolute atomic E-state index is 10.4. The SMILES string of the molecule is O=S(=O)([O-])CC(O)COc1ccc(OCC(O)CS(=O)(=O)[O-])cc1.[Na+].[Na+]. The van der Waals surface area contributed by atoms with Crippen molar-refractivity contribution < 1.29 is 105 Å². The van der Waals surface area contributed by atoms with Crippen LogP contribution in [-0.4, -0.2) is 73.1 Å². The van der Waals surface area contributed by atoms with Crippen LogP contribution >= 0.6 is 0 Å². The van der Waals surface area contributed by atoms with Crippen LogP contribution in [0, 0.1) is 0 Å². The largest absolute Gasteiger partial charge is 1.00 e. The number of rotatable bonds is 10. The van der Waals surface area contributed by atoms with Gasteiger partial charge in [-0.1, -0.05) is 0 Å². The molecule has 138 valence electrons. The number of aliphatic hydroxyl groups is 2. The van der Waals surface area contributed by atoms with Crippen molar-refractivity contribution in [1.29, 1.82) is 0 Å².